The van der Waals surface area contributed by atoms with Crippen LogP contribution in [0.5, 0.6) is 11.5 Å². The highest BCUT2D eigenvalue weighted by Gasteiger charge is 2.45. The van der Waals surface area contributed by atoms with Crippen molar-refractivity contribution in [2.24, 2.45) is 0 Å². The molecule has 2 heterocycles. The van der Waals surface area contributed by atoms with E-state index in [2.05, 4.69) is 18.7 Å². The van der Waals surface area contributed by atoms with Crippen LogP contribution in [0.1, 0.15) is 35.1 Å². The van der Waals surface area contributed by atoms with E-state index in [4.69, 9.17) is 9.47 Å². The molecule has 0 bridgehead atoms. The van der Waals surface area contributed by atoms with Gasteiger partial charge in [0.1, 0.15) is 11.5 Å². The van der Waals surface area contributed by atoms with Gasteiger partial charge in [0, 0.05) is 18.7 Å². The molecule has 1 amide bonds. The molecule has 0 saturated carbocycles. The van der Waals surface area contributed by atoms with Crippen LogP contribution in [-0.4, -0.2) is 67.0 Å². The van der Waals surface area contributed by atoms with E-state index in [1.165, 1.54) is 18.4 Å². The maximum atomic E-state index is 13.3. The van der Waals surface area contributed by atoms with Crippen molar-refractivity contribution in [1.82, 2.24) is 9.80 Å². The Morgan fingerprint density at radius 3 is 2.52 bits per heavy atom. The predicted molar refractivity (Wildman–Crippen MR) is 120 cm³/mol. The number of carbonyl (C=O) groups excluding carboxylic acids is 2. The van der Waals surface area contributed by atoms with Crippen molar-refractivity contribution in [2.45, 2.75) is 19.9 Å². The number of thiophene rings is 1. The molecule has 1 aromatic heterocycles. The molecule has 166 valence electrons. The molecule has 7 nitrogen and oxygen atoms in total. The van der Waals surface area contributed by atoms with Crippen LogP contribution in [0.25, 0.3) is 0 Å². The van der Waals surface area contributed by atoms with E-state index in [-0.39, 0.29) is 11.4 Å². The van der Waals surface area contributed by atoms with Crippen LogP contribution in [0.3, 0.4) is 0 Å². The number of aliphatic hydroxyl groups excluding tert-OH is 1. The molecule has 8 heteroatoms. The Kier molecular flexibility index (Phi) is 7.35. The molecule has 0 unspecified atom stereocenters. The largest absolute Gasteiger partial charge is 0.503 e. The minimum Gasteiger partial charge on any atom is -0.503 e. The zero-order valence-corrected chi connectivity index (χ0v) is 19.1. The molecule has 0 aliphatic carbocycles. The lowest BCUT2D eigenvalue weighted by Gasteiger charge is -2.30. The van der Waals surface area contributed by atoms with Crippen LogP contribution >= 0.6 is 11.3 Å². The highest BCUT2D eigenvalue weighted by Crippen LogP contribution is 2.43. The van der Waals surface area contributed by atoms with E-state index >= 15 is 0 Å². The van der Waals surface area contributed by atoms with Gasteiger partial charge in [-0.2, -0.15) is 0 Å². The minimum atomic E-state index is -0.775. The number of aliphatic hydroxyl groups is 1. The topological polar surface area (TPSA) is 79.3 Å². The second kappa shape index (κ2) is 9.98. The number of carbonyl (C=O) groups is 2. The molecule has 1 aromatic carbocycles. The number of Topliss-reactive ketones (excluding diaryl/α,β-unsaturated/α-hetero) is 1. The number of nitrogens with zero attached hydrogens (tertiary/aromatic N) is 2. The Hall–Kier alpha value is -2.84. The molecule has 3 rings (SSSR count). The fourth-order valence-electron chi connectivity index (χ4n) is 3.82. The van der Waals surface area contributed by atoms with E-state index in [0.29, 0.717) is 35.0 Å². The molecule has 1 N–H and O–H groups in total. The average Bonchev–Trinajstić information content (AvgIpc) is 3.41. The first-order valence-electron chi connectivity index (χ1n) is 10.2. The van der Waals surface area contributed by atoms with Gasteiger partial charge in [-0.25, -0.2) is 0 Å². The van der Waals surface area contributed by atoms with Crippen LogP contribution in [0, 0.1) is 0 Å². The Bertz CT molecular complexity index is 966. The van der Waals surface area contributed by atoms with Gasteiger partial charge in [-0.3, -0.25) is 9.59 Å². The first-order chi connectivity index (χ1) is 15.0. The third-order valence-corrected chi connectivity index (χ3v) is 6.44. The normalized spacial score (nSPS) is 16.4. The summed E-state index contributed by atoms with van der Waals surface area (Å²) in [6.07, 6.45) is 0. The highest BCUT2D eigenvalue weighted by molar-refractivity contribution is 7.12. The number of hydrogen-bond acceptors (Lipinski definition) is 7. The summed E-state index contributed by atoms with van der Waals surface area (Å²) < 4.78 is 10.9. The first kappa shape index (κ1) is 22.8. The van der Waals surface area contributed by atoms with Crippen LogP contribution in [0.2, 0.25) is 0 Å². The van der Waals surface area contributed by atoms with Gasteiger partial charge in [-0.05, 0) is 42.7 Å². The number of amides is 1. The summed E-state index contributed by atoms with van der Waals surface area (Å²) in [5.74, 6) is -0.338. The molecule has 1 atom stereocenters. The van der Waals surface area contributed by atoms with Crippen LogP contribution < -0.4 is 9.47 Å². The second-order valence-electron chi connectivity index (χ2n) is 7.10. The fraction of sp³-hybridized carbons (Fsp3) is 0.391. The lowest BCUT2D eigenvalue weighted by Crippen LogP contribution is -2.38. The number of ether oxygens (including phenoxy) is 2. The molecule has 0 saturated heterocycles. The third-order valence-electron chi connectivity index (χ3n) is 5.58. The number of likely N-dealkylation sites (N-methyl/N-ethyl adjacent to an activating group) is 1. The number of methoxy groups -OCH3 is 2. The summed E-state index contributed by atoms with van der Waals surface area (Å²) in [7, 11) is 3.08. The van der Waals surface area contributed by atoms with Crippen molar-refractivity contribution < 1.29 is 24.2 Å². The number of benzene rings is 1. The summed E-state index contributed by atoms with van der Waals surface area (Å²) in [6.45, 7) is 6.77. The molecule has 2 aromatic rings. The Morgan fingerprint density at radius 2 is 1.94 bits per heavy atom. The quantitative estimate of drug-likeness (QED) is 0.563. The molecule has 0 radical (unpaired) electrons. The van der Waals surface area contributed by atoms with E-state index in [1.807, 2.05) is 0 Å². The number of hydrogen-bond donors (Lipinski definition) is 1. The summed E-state index contributed by atoms with van der Waals surface area (Å²) in [5.41, 5.74) is 0.664. The maximum Gasteiger partial charge on any atom is 0.290 e. The zero-order chi connectivity index (χ0) is 22.5. The lowest BCUT2D eigenvalue weighted by atomic mass is 9.94. The van der Waals surface area contributed by atoms with E-state index in [9.17, 15) is 14.7 Å². The second-order valence-corrected chi connectivity index (χ2v) is 8.05. The maximum absolute atomic E-state index is 13.3. The minimum absolute atomic E-state index is 0.0681. The van der Waals surface area contributed by atoms with Crippen molar-refractivity contribution in [3.63, 3.8) is 0 Å². The molecular formula is C23H28N2O5S. The van der Waals surface area contributed by atoms with Gasteiger partial charge in [-0.1, -0.05) is 19.9 Å². The number of ketones is 1. The fourth-order valence-corrected chi connectivity index (χ4v) is 4.50. The smallest absolute Gasteiger partial charge is 0.290 e. The van der Waals surface area contributed by atoms with E-state index in [1.54, 1.807) is 47.7 Å². The molecule has 1 aliphatic rings. The van der Waals surface area contributed by atoms with Crippen LogP contribution in [0.4, 0.5) is 0 Å². The Balaban J connectivity index is 2.11. The van der Waals surface area contributed by atoms with Crippen molar-refractivity contribution in [2.75, 3.05) is 40.4 Å². The molecule has 0 spiro atoms. The zero-order valence-electron chi connectivity index (χ0n) is 18.3. The molecule has 31 heavy (non-hydrogen) atoms. The van der Waals surface area contributed by atoms with Crippen molar-refractivity contribution in [3.8, 4) is 11.5 Å². The lowest BCUT2D eigenvalue weighted by molar-refractivity contribution is -0.129. The van der Waals surface area contributed by atoms with Gasteiger partial charge in [0.15, 0.2) is 5.76 Å². The van der Waals surface area contributed by atoms with Crippen LogP contribution in [0.15, 0.2) is 47.0 Å². The first-order valence-corrected chi connectivity index (χ1v) is 11.1. The highest BCUT2D eigenvalue weighted by atomic mass is 32.1. The van der Waals surface area contributed by atoms with Gasteiger partial charge in [0.05, 0.1) is 30.7 Å². The summed E-state index contributed by atoms with van der Waals surface area (Å²) >= 11 is 1.27. The molecule has 0 fully saturated rings. The van der Waals surface area contributed by atoms with Gasteiger partial charge < -0.3 is 24.4 Å². The van der Waals surface area contributed by atoms with Gasteiger partial charge in [-0.15, -0.1) is 11.3 Å². The summed E-state index contributed by atoms with van der Waals surface area (Å²) in [5, 5.41) is 12.6. The molecular weight excluding hydrogens is 416 g/mol. The Labute approximate surface area is 186 Å². The van der Waals surface area contributed by atoms with Crippen molar-refractivity contribution in [1.29, 1.82) is 0 Å². The molecule has 1 aliphatic heterocycles. The van der Waals surface area contributed by atoms with E-state index in [0.717, 1.165) is 13.1 Å². The van der Waals surface area contributed by atoms with E-state index < -0.39 is 17.7 Å². The van der Waals surface area contributed by atoms with Gasteiger partial charge in [0.25, 0.3) is 5.91 Å². The van der Waals surface area contributed by atoms with Crippen LogP contribution in [-0.2, 0) is 4.79 Å². The van der Waals surface area contributed by atoms with Gasteiger partial charge >= 0.3 is 0 Å². The van der Waals surface area contributed by atoms with Crippen molar-refractivity contribution in [3.05, 3.63) is 57.5 Å². The third kappa shape index (κ3) is 4.45. The summed E-state index contributed by atoms with van der Waals surface area (Å²) in [6, 6.07) is 7.93. The summed E-state index contributed by atoms with van der Waals surface area (Å²) in [4.78, 5) is 30.6. The Morgan fingerprint density at radius 1 is 1.19 bits per heavy atom. The van der Waals surface area contributed by atoms with Crippen molar-refractivity contribution >= 4 is 23.0 Å². The average molecular weight is 445 g/mol. The predicted octanol–water partition coefficient (Wildman–Crippen LogP) is 3.69. The number of rotatable bonds is 10. The SMILES string of the molecule is CCN(CC)CCN1C(=O)C(O)=C(C(=O)c2cccs2)[C@@H]1c1cc(OC)ccc1OC. The standard InChI is InChI=1S/C23H28N2O5S/c1-5-24(6-2)11-12-25-20(16-14-15(29-3)9-10-17(16)30-4)19(22(27)23(25)28)21(26)18-8-7-13-31-18/h7-10,13-14,20,27H,5-6,11-12H2,1-4H3/t20-/m0/s1. The van der Waals surface area contributed by atoms with Gasteiger partial charge in [0.2, 0.25) is 5.78 Å². The monoisotopic (exact) mass is 444 g/mol.